The molecular weight excluding hydrogens is 256 g/mol. The molecule has 0 N–H and O–H groups in total. The van der Waals surface area contributed by atoms with Gasteiger partial charge in [-0.15, -0.1) is 0 Å². The minimum Gasteiger partial charge on any atom is -0.494 e. The lowest BCUT2D eigenvalue weighted by Crippen LogP contribution is -1.96. The molecule has 0 heterocycles. The molecule has 21 heavy (non-hydrogen) atoms. The van der Waals surface area contributed by atoms with E-state index in [1.807, 2.05) is 19.1 Å². The molecule has 0 radical (unpaired) electrons. The summed E-state index contributed by atoms with van der Waals surface area (Å²) in [6.45, 7) is 9.00. The van der Waals surface area contributed by atoms with Crippen molar-refractivity contribution in [2.45, 2.75) is 33.1 Å². The van der Waals surface area contributed by atoms with Crippen molar-refractivity contribution in [1.29, 1.82) is 0 Å². The smallest absolute Gasteiger partial charge is 0.119 e. The van der Waals surface area contributed by atoms with Gasteiger partial charge in [-0.05, 0) is 42.2 Å². The highest BCUT2D eigenvalue weighted by atomic mass is 16.5. The second-order valence-corrected chi connectivity index (χ2v) is 5.44. The molecule has 0 aliphatic rings. The van der Waals surface area contributed by atoms with E-state index >= 15 is 0 Å². The molecule has 0 spiro atoms. The summed E-state index contributed by atoms with van der Waals surface area (Å²) >= 11 is 0. The standard InChI is InChI=1S/C20H24O/c1-4-5-6-15-21-20-13-11-19(12-14-20)18-9-7-17(8-10-18)16(2)3/h7-14H,2,4-6,15H2,1,3H3. The lowest BCUT2D eigenvalue weighted by molar-refractivity contribution is 0.306. The summed E-state index contributed by atoms with van der Waals surface area (Å²) in [5.74, 6) is 0.952. The zero-order chi connectivity index (χ0) is 15.1. The van der Waals surface area contributed by atoms with Crippen LogP contribution in [0.15, 0.2) is 55.1 Å². The molecule has 2 aromatic rings. The Morgan fingerprint density at radius 1 is 0.905 bits per heavy atom. The fourth-order valence-electron chi connectivity index (χ4n) is 2.23. The molecule has 2 rings (SSSR count). The van der Waals surface area contributed by atoms with Crippen LogP contribution in [0.3, 0.4) is 0 Å². The SMILES string of the molecule is C=C(C)c1ccc(-c2ccc(OCCCCC)cc2)cc1. The minimum absolute atomic E-state index is 0.806. The summed E-state index contributed by atoms with van der Waals surface area (Å²) in [7, 11) is 0. The normalized spacial score (nSPS) is 10.4. The molecule has 0 aliphatic heterocycles. The molecule has 0 fully saturated rings. The maximum Gasteiger partial charge on any atom is 0.119 e. The number of benzene rings is 2. The van der Waals surface area contributed by atoms with Crippen LogP contribution in [0.5, 0.6) is 5.75 Å². The van der Waals surface area contributed by atoms with E-state index in [4.69, 9.17) is 4.74 Å². The lowest BCUT2D eigenvalue weighted by atomic mass is 10.0. The van der Waals surface area contributed by atoms with Crippen molar-refractivity contribution in [3.05, 3.63) is 60.7 Å². The van der Waals surface area contributed by atoms with Gasteiger partial charge in [0.2, 0.25) is 0 Å². The van der Waals surface area contributed by atoms with E-state index in [2.05, 4.69) is 49.9 Å². The number of ether oxygens (including phenoxy) is 1. The van der Waals surface area contributed by atoms with Crippen molar-refractivity contribution in [3.63, 3.8) is 0 Å². The number of unbranched alkanes of at least 4 members (excludes halogenated alkanes) is 2. The third kappa shape index (κ3) is 4.49. The van der Waals surface area contributed by atoms with E-state index in [9.17, 15) is 0 Å². The topological polar surface area (TPSA) is 9.23 Å². The van der Waals surface area contributed by atoms with Gasteiger partial charge in [-0.1, -0.05) is 68.3 Å². The van der Waals surface area contributed by atoms with Crippen LogP contribution in [0.1, 0.15) is 38.7 Å². The number of allylic oxidation sites excluding steroid dienone is 1. The summed E-state index contributed by atoms with van der Waals surface area (Å²) in [6, 6.07) is 16.8. The van der Waals surface area contributed by atoms with Crippen molar-refractivity contribution in [2.24, 2.45) is 0 Å². The van der Waals surface area contributed by atoms with E-state index in [0.29, 0.717) is 0 Å². The van der Waals surface area contributed by atoms with E-state index < -0.39 is 0 Å². The van der Waals surface area contributed by atoms with Gasteiger partial charge < -0.3 is 4.74 Å². The summed E-state index contributed by atoms with van der Waals surface area (Å²) in [5, 5.41) is 0. The molecular formula is C20H24O. The molecule has 0 aromatic heterocycles. The molecule has 1 heteroatoms. The summed E-state index contributed by atoms with van der Waals surface area (Å²) in [4.78, 5) is 0. The van der Waals surface area contributed by atoms with Crippen molar-refractivity contribution in [3.8, 4) is 16.9 Å². The quantitative estimate of drug-likeness (QED) is 0.569. The minimum atomic E-state index is 0.806. The molecule has 2 aromatic carbocycles. The third-order valence-electron chi connectivity index (χ3n) is 3.58. The van der Waals surface area contributed by atoms with Crippen LogP contribution in [-0.4, -0.2) is 6.61 Å². The van der Waals surface area contributed by atoms with Gasteiger partial charge >= 0.3 is 0 Å². The van der Waals surface area contributed by atoms with Crippen molar-refractivity contribution >= 4 is 5.57 Å². The Morgan fingerprint density at radius 3 is 2.00 bits per heavy atom. The fourth-order valence-corrected chi connectivity index (χ4v) is 2.23. The first-order chi connectivity index (χ1) is 10.2. The number of hydrogen-bond acceptors (Lipinski definition) is 1. The van der Waals surface area contributed by atoms with Gasteiger partial charge in [0, 0.05) is 0 Å². The van der Waals surface area contributed by atoms with Gasteiger partial charge in [0.1, 0.15) is 5.75 Å². The predicted molar refractivity (Wildman–Crippen MR) is 91.6 cm³/mol. The average molecular weight is 280 g/mol. The van der Waals surface area contributed by atoms with Crippen LogP contribution in [0, 0.1) is 0 Å². The van der Waals surface area contributed by atoms with Crippen molar-refractivity contribution < 1.29 is 4.74 Å². The van der Waals surface area contributed by atoms with Gasteiger partial charge in [0.25, 0.3) is 0 Å². The largest absolute Gasteiger partial charge is 0.494 e. The number of hydrogen-bond donors (Lipinski definition) is 0. The molecule has 1 nitrogen and oxygen atoms in total. The van der Waals surface area contributed by atoms with Gasteiger partial charge in [0.05, 0.1) is 6.61 Å². The number of rotatable bonds is 7. The first kappa shape index (κ1) is 15.4. The van der Waals surface area contributed by atoms with Crippen LogP contribution >= 0.6 is 0 Å². The maximum absolute atomic E-state index is 5.74. The molecule has 110 valence electrons. The Bertz CT molecular complexity index is 564. The van der Waals surface area contributed by atoms with E-state index in [-0.39, 0.29) is 0 Å². The van der Waals surface area contributed by atoms with Crippen LogP contribution < -0.4 is 4.74 Å². The van der Waals surface area contributed by atoms with Crippen LogP contribution in [0.4, 0.5) is 0 Å². The van der Waals surface area contributed by atoms with Gasteiger partial charge in [0.15, 0.2) is 0 Å². The predicted octanol–water partition coefficient (Wildman–Crippen LogP) is 5.96. The zero-order valence-electron chi connectivity index (χ0n) is 13.1. The Kier molecular flexibility index (Phi) is 5.62. The Morgan fingerprint density at radius 2 is 1.48 bits per heavy atom. The Hall–Kier alpha value is -2.02. The van der Waals surface area contributed by atoms with Crippen LogP contribution in [-0.2, 0) is 0 Å². The highest BCUT2D eigenvalue weighted by Crippen LogP contribution is 2.24. The molecule has 0 amide bonds. The highest BCUT2D eigenvalue weighted by molar-refractivity contribution is 5.68. The molecule has 0 atom stereocenters. The van der Waals surface area contributed by atoms with Gasteiger partial charge in [-0.3, -0.25) is 0 Å². The van der Waals surface area contributed by atoms with Crippen LogP contribution in [0.25, 0.3) is 16.7 Å². The fraction of sp³-hybridized carbons (Fsp3) is 0.300. The van der Waals surface area contributed by atoms with E-state index in [1.165, 1.54) is 29.5 Å². The highest BCUT2D eigenvalue weighted by Gasteiger charge is 2.00. The monoisotopic (exact) mass is 280 g/mol. The van der Waals surface area contributed by atoms with Crippen molar-refractivity contribution in [2.75, 3.05) is 6.61 Å². The first-order valence-corrected chi connectivity index (χ1v) is 7.70. The second kappa shape index (κ2) is 7.68. The van der Waals surface area contributed by atoms with E-state index in [0.717, 1.165) is 24.4 Å². The molecule has 0 unspecified atom stereocenters. The summed E-state index contributed by atoms with van der Waals surface area (Å²) in [5.41, 5.74) is 4.72. The summed E-state index contributed by atoms with van der Waals surface area (Å²) < 4.78 is 5.74. The molecule has 0 bridgehead atoms. The summed E-state index contributed by atoms with van der Waals surface area (Å²) in [6.07, 6.45) is 3.58. The molecule has 0 saturated heterocycles. The zero-order valence-corrected chi connectivity index (χ0v) is 13.1. The van der Waals surface area contributed by atoms with E-state index in [1.54, 1.807) is 0 Å². The molecule has 0 saturated carbocycles. The Labute approximate surface area is 128 Å². The van der Waals surface area contributed by atoms with Gasteiger partial charge in [-0.2, -0.15) is 0 Å². The van der Waals surface area contributed by atoms with Crippen molar-refractivity contribution in [1.82, 2.24) is 0 Å². The lowest BCUT2D eigenvalue weighted by Gasteiger charge is -2.08. The molecule has 0 aliphatic carbocycles. The Balaban J connectivity index is 1.99. The second-order valence-electron chi connectivity index (χ2n) is 5.44. The average Bonchev–Trinajstić information content (AvgIpc) is 2.52. The van der Waals surface area contributed by atoms with Gasteiger partial charge in [-0.25, -0.2) is 0 Å². The van der Waals surface area contributed by atoms with Crippen LogP contribution in [0.2, 0.25) is 0 Å². The first-order valence-electron chi connectivity index (χ1n) is 7.70. The maximum atomic E-state index is 5.74. The third-order valence-corrected chi connectivity index (χ3v) is 3.58.